The van der Waals surface area contributed by atoms with Crippen molar-refractivity contribution in [3.63, 3.8) is 0 Å². The van der Waals surface area contributed by atoms with Crippen molar-refractivity contribution < 1.29 is 0 Å². The molecule has 5 heteroatoms. The van der Waals surface area contributed by atoms with E-state index in [0.29, 0.717) is 5.95 Å². The van der Waals surface area contributed by atoms with Gasteiger partial charge in [0.15, 0.2) is 0 Å². The minimum absolute atomic E-state index is 0.699. The Labute approximate surface area is 109 Å². The number of nitrogens with zero attached hydrogens (tertiary/aromatic N) is 3. The highest BCUT2D eigenvalue weighted by Gasteiger charge is 2.04. The molecule has 0 fully saturated rings. The second-order valence-corrected chi connectivity index (χ2v) is 4.71. The van der Waals surface area contributed by atoms with Crippen molar-refractivity contribution in [1.82, 2.24) is 9.97 Å². The first-order valence-corrected chi connectivity index (χ1v) is 5.97. The summed E-state index contributed by atoms with van der Waals surface area (Å²) in [6.07, 6.45) is 3.48. The zero-order valence-corrected chi connectivity index (χ0v) is 11.1. The quantitative estimate of drug-likeness (QED) is 0.883. The number of hydrogen-bond acceptors (Lipinski definition) is 4. The third-order valence-corrected chi connectivity index (χ3v) is 2.76. The van der Waals surface area contributed by atoms with Crippen molar-refractivity contribution in [1.29, 1.82) is 0 Å². The topological polar surface area (TPSA) is 55.0 Å². The molecule has 0 aliphatic carbocycles. The number of nitrogens with two attached hydrogens (primary N) is 1. The monoisotopic (exact) mass is 292 g/mol. The maximum atomic E-state index is 5.64. The molecule has 1 aromatic carbocycles. The Morgan fingerprint density at radius 1 is 1.18 bits per heavy atom. The number of halogens is 1. The van der Waals surface area contributed by atoms with Gasteiger partial charge >= 0.3 is 0 Å². The minimum Gasteiger partial charge on any atom is -0.399 e. The molecule has 88 valence electrons. The summed E-state index contributed by atoms with van der Waals surface area (Å²) in [5, 5.41) is 0. The predicted molar refractivity (Wildman–Crippen MR) is 72.7 cm³/mol. The third-order valence-electron chi connectivity index (χ3n) is 2.35. The van der Waals surface area contributed by atoms with Crippen LogP contribution in [0.4, 0.5) is 11.6 Å². The van der Waals surface area contributed by atoms with Crippen LogP contribution in [0.1, 0.15) is 5.56 Å². The van der Waals surface area contributed by atoms with E-state index in [2.05, 4.69) is 25.9 Å². The lowest BCUT2D eigenvalue weighted by Gasteiger charge is -2.16. The lowest BCUT2D eigenvalue weighted by atomic mass is 10.2. The Morgan fingerprint density at radius 2 is 1.76 bits per heavy atom. The van der Waals surface area contributed by atoms with Gasteiger partial charge in [0, 0.05) is 31.7 Å². The summed E-state index contributed by atoms with van der Waals surface area (Å²) in [6.45, 7) is 0.752. The molecule has 0 aliphatic rings. The molecule has 0 unspecified atom stereocenters. The summed E-state index contributed by atoms with van der Waals surface area (Å²) in [5.74, 6) is 0.699. The first-order valence-electron chi connectivity index (χ1n) is 5.18. The van der Waals surface area contributed by atoms with Gasteiger partial charge in [-0.1, -0.05) is 12.1 Å². The van der Waals surface area contributed by atoms with Crippen LogP contribution in [0.2, 0.25) is 0 Å². The number of hydrogen-bond donors (Lipinski definition) is 1. The van der Waals surface area contributed by atoms with Crippen molar-refractivity contribution >= 4 is 27.6 Å². The molecule has 1 aromatic heterocycles. The van der Waals surface area contributed by atoms with Crippen LogP contribution < -0.4 is 10.6 Å². The smallest absolute Gasteiger partial charge is 0.225 e. The van der Waals surface area contributed by atoms with Gasteiger partial charge in [0.05, 0.1) is 4.47 Å². The average molecular weight is 293 g/mol. The van der Waals surface area contributed by atoms with E-state index in [1.807, 2.05) is 36.2 Å². The van der Waals surface area contributed by atoms with Crippen LogP contribution in [0.5, 0.6) is 0 Å². The number of aromatic nitrogens is 2. The van der Waals surface area contributed by atoms with Gasteiger partial charge in [0.25, 0.3) is 0 Å². The first kappa shape index (κ1) is 11.9. The number of anilines is 2. The van der Waals surface area contributed by atoms with Gasteiger partial charge in [-0.3, -0.25) is 0 Å². The Hall–Kier alpha value is -1.62. The van der Waals surface area contributed by atoms with Gasteiger partial charge in [0.1, 0.15) is 0 Å². The van der Waals surface area contributed by atoms with E-state index in [4.69, 9.17) is 5.73 Å². The second-order valence-electron chi connectivity index (χ2n) is 3.80. The van der Waals surface area contributed by atoms with E-state index in [9.17, 15) is 0 Å². The normalized spacial score (nSPS) is 10.2. The van der Waals surface area contributed by atoms with Gasteiger partial charge in [-0.2, -0.15) is 0 Å². The van der Waals surface area contributed by atoms with E-state index < -0.39 is 0 Å². The molecular weight excluding hydrogens is 280 g/mol. The summed E-state index contributed by atoms with van der Waals surface area (Å²) in [7, 11) is 1.96. The maximum absolute atomic E-state index is 5.64. The van der Waals surface area contributed by atoms with E-state index in [1.54, 1.807) is 12.4 Å². The van der Waals surface area contributed by atoms with Crippen molar-refractivity contribution in [3.8, 4) is 0 Å². The zero-order chi connectivity index (χ0) is 12.3. The molecule has 0 saturated carbocycles. The first-order chi connectivity index (χ1) is 8.15. The molecule has 0 aliphatic heterocycles. The van der Waals surface area contributed by atoms with E-state index in [0.717, 1.165) is 16.7 Å². The molecule has 0 saturated heterocycles. The molecule has 17 heavy (non-hydrogen) atoms. The van der Waals surface area contributed by atoms with Crippen LogP contribution in [0.25, 0.3) is 0 Å². The summed E-state index contributed by atoms with van der Waals surface area (Å²) in [4.78, 5) is 10.5. The molecule has 2 N–H and O–H groups in total. The van der Waals surface area contributed by atoms with Crippen LogP contribution >= 0.6 is 15.9 Å². The van der Waals surface area contributed by atoms with Gasteiger partial charge in [-0.25, -0.2) is 9.97 Å². The summed E-state index contributed by atoms with van der Waals surface area (Å²) in [6, 6.07) is 7.80. The fourth-order valence-electron chi connectivity index (χ4n) is 1.47. The standard InChI is InChI=1S/C12H13BrN4/c1-17(12-15-6-10(13)7-16-12)8-9-2-4-11(14)5-3-9/h2-7H,8,14H2,1H3. The SMILES string of the molecule is CN(Cc1ccc(N)cc1)c1ncc(Br)cn1. The minimum atomic E-state index is 0.699. The van der Waals surface area contributed by atoms with Crippen LogP contribution in [0.15, 0.2) is 41.1 Å². The molecule has 2 rings (SSSR count). The molecule has 2 aromatic rings. The predicted octanol–water partition coefficient (Wildman–Crippen LogP) is 2.46. The lowest BCUT2D eigenvalue weighted by Crippen LogP contribution is -2.18. The van der Waals surface area contributed by atoms with E-state index in [1.165, 1.54) is 5.56 Å². The zero-order valence-electron chi connectivity index (χ0n) is 9.47. The summed E-state index contributed by atoms with van der Waals surface area (Å²) >= 11 is 3.31. The second kappa shape index (κ2) is 5.14. The highest BCUT2D eigenvalue weighted by molar-refractivity contribution is 9.10. The third kappa shape index (κ3) is 3.17. The van der Waals surface area contributed by atoms with Crippen LogP contribution in [0, 0.1) is 0 Å². The number of benzene rings is 1. The van der Waals surface area contributed by atoms with Crippen molar-refractivity contribution in [2.45, 2.75) is 6.54 Å². The van der Waals surface area contributed by atoms with Gasteiger partial charge < -0.3 is 10.6 Å². The Balaban J connectivity index is 2.08. The number of nitrogen functional groups attached to an aromatic ring is 1. The van der Waals surface area contributed by atoms with Crippen molar-refractivity contribution in [3.05, 3.63) is 46.7 Å². The molecule has 0 atom stereocenters. The molecule has 1 heterocycles. The van der Waals surface area contributed by atoms with Crippen LogP contribution in [-0.2, 0) is 6.54 Å². The maximum Gasteiger partial charge on any atom is 0.225 e. The Morgan fingerprint density at radius 3 is 2.35 bits per heavy atom. The molecule has 0 bridgehead atoms. The van der Waals surface area contributed by atoms with Crippen LogP contribution in [0.3, 0.4) is 0 Å². The van der Waals surface area contributed by atoms with Crippen molar-refractivity contribution in [2.75, 3.05) is 17.7 Å². The Bertz CT molecular complexity index is 481. The van der Waals surface area contributed by atoms with Crippen LogP contribution in [-0.4, -0.2) is 17.0 Å². The number of rotatable bonds is 3. The average Bonchev–Trinajstić information content (AvgIpc) is 2.33. The lowest BCUT2D eigenvalue weighted by molar-refractivity contribution is 0.865. The molecule has 0 spiro atoms. The van der Waals surface area contributed by atoms with E-state index in [-0.39, 0.29) is 0 Å². The largest absolute Gasteiger partial charge is 0.399 e. The Kier molecular flexibility index (Phi) is 3.58. The summed E-state index contributed by atoms with van der Waals surface area (Å²) < 4.78 is 0.877. The highest BCUT2D eigenvalue weighted by Crippen LogP contribution is 2.13. The van der Waals surface area contributed by atoms with Crippen molar-refractivity contribution in [2.24, 2.45) is 0 Å². The summed E-state index contributed by atoms with van der Waals surface area (Å²) in [5.41, 5.74) is 7.59. The molecule has 0 amide bonds. The van der Waals surface area contributed by atoms with E-state index >= 15 is 0 Å². The molecular formula is C12H13BrN4. The fourth-order valence-corrected chi connectivity index (χ4v) is 1.67. The van der Waals surface area contributed by atoms with Gasteiger partial charge in [-0.15, -0.1) is 0 Å². The van der Waals surface area contributed by atoms with Gasteiger partial charge in [0.2, 0.25) is 5.95 Å². The fraction of sp³-hybridized carbons (Fsp3) is 0.167. The molecule has 0 radical (unpaired) electrons. The van der Waals surface area contributed by atoms with Gasteiger partial charge in [-0.05, 0) is 33.6 Å². The highest BCUT2D eigenvalue weighted by atomic mass is 79.9. The molecule has 4 nitrogen and oxygen atoms in total.